The van der Waals surface area contributed by atoms with E-state index >= 15 is 0 Å². The third kappa shape index (κ3) is 2.60. The molecular weight excluding hydrogens is 266 g/mol. The lowest BCUT2D eigenvalue weighted by Gasteiger charge is -2.28. The first-order valence-electron chi connectivity index (χ1n) is 7.38. The number of amides is 1. The molecule has 1 amide bonds. The maximum absolute atomic E-state index is 12.2. The smallest absolute Gasteiger partial charge is 0.287 e. The molecule has 5 heteroatoms. The first-order chi connectivity index (χ1) is 9.97. The van der Waals surface area contributed by atoms with Gasteiger partial charge in [-0.05, 0) is 52.2 Å². The van der Waals surface area contributed by atoms with Crippen molar-refractivity contribution >= 4 is 5.91 Å². The van der Waals surface area contributed by atoms with Crippen LogP contribution < -0.4 is 5.32 Å². The maximum atomic E-state index is 12.2. The predicted molar refractivity (Wildman–Crippen MR) is 79.1 cm³/mol. The van der Waals surface area contributed by atoms with Crippen molar-refractivity contribution in [2.75, 3.05) is 0 Å². The molecule has 0 unspecified atom stereocenters. The van der Waals surface area contributed by atoms with E-state index < -0.39 is 0 Å². The molecule has 3 rings (SSSR count). The van der Waals surface area contributed by atoms with Crippen LogP contribution in [0.1, 0.15) is 61.5 Å². The van der Waals surface area contributed by atoms with Crippen LogP contribution in [0.2, 0.25) is 0 Å². The SMILES string of the molecule is CC(C)(C)n1ncc2c1CCC[C@@H]2NC(=O)c1ccco1. The van der Waals surface area contributed by atoms with Crippen LogP contribution in [0.15, 0.2) is 29.0 Å². The van der Waals surface area contributed by atoms with E-state index in [0.29, 0.717) is 5.76 Å². The first-order valence-corrected chi connectivity index (χ1v) is 7.38. The highest BCUT2D eigenvalue weighted by Gasteiger charge is 2.29. The van der Waals surface area contributed by atoms with Crippen molar-refractivity contribution in [3.05, 3.63) is 41.6 Å². The second kappa shape index (κ2) is 5.06. The molecule has 0 aliphatic heterocycles. The van der Waals surface area contributed by atoms with Gasteiger partial charge in [0.05, 0.1) is 24.0 Å². The van der Waals surface area contributed by atoms with Gasteiger partial charge >= 0.3 is 0 Å². The minimum absolute atomic E-state index is 0.0162. The number of hydrogen-bond acceptors (Lipinski definition) is 3. The molecule has 112 valence electrons. The molecule has 1 N–H and O–H groups in total. The summed E-state index contributed by atoms with van der Waals surface area (Å²) in [6.45, 7) is 6.43. The van der Waals surface area contributed by atoms with Crippen LogP contribution in [0, 0.1) is 0 Å². The number of fused-ring (bicyclic) bond motifs is 1. The molecule has 0 aromatic carbocycles. The Kier molecular flexibility index (Phi) is 3.35. The summed E-state index contributed by atoms with van der Waals surface area (Å²) in [7, 11) is 0. The summed E-state index contributed by atoms with van der Waals surface area (Å²) in [5.74, 6) is 0.187. The number of nitrogens with zero attached hydrogens (tertiary/aromatic N) is 2. The van der Waals surface area contributed by atoms with Crippen LogP contribution >= 0.6 is 0 Å². The minimum atomic E-state index is -0.165. The van der Waals surface area contributed by atoms with Gasteiger partial charge in [-0.15, -0.1) is 0 Å². The molecular formula is C16H21N3O2. The summed E-state index contributed by atoms with van der Waals surface area (Å²) in [4.78, 5) is 12.2. The Morgan fingerprint density at radius 2 is 2.29 bits per heavy atom. The Labute approximate surface area is 124 Å². The highest BCUT2D eigenvalue weighted by Crippen LogP contribution is 2.32. The second-order valence-corrected chi connectivity index (χ2v) is 6.52. The molecule has 1 atom stereocenters. The number of carbonyl (C=O) groups is 1. The van der Waals surface area contributed by atoms with E-state index in [0.717, 1.165) is 24.8 Å². The molecule has 0 bridgehead atoms. The summed E-state index contributed by atoms with van der Waals surface area (Å²) in [5, 5.41) is 7.59. The standard InChI is InChI=1S/C16H21N3O2/c1-16(2,3)19-13-7-4-6-12(11(13)10-17-19)18-15(20)14-8-5-9-21-14/h5,8-10,12H,4,6-7H2,1-3H3,(H,18,20)/t12-/m0/s1. The van der Waals surface area contributed by atoms with Crippen molar-refractivity contribution in [2.24, 2.45) is 0 Å². The van der Waals surface area contributed by atoms with Gasteiger partial charge < -0.3 is 9.73 Å². The summed E-state index contributed by atoms with van der Waals surface area (Å²) in [6, 6.07) is 3.42. The molecule has 0 radical (unpaired) electrons. The van der Waals surface area contributed by atoms with Gasteiger partial charge in [0.1, 0.15) is 0 Å². The van der Waals surface area contributed by atoms with Crippen molar-refractivity contribution in [3.8, 4) is 0 Å². The van der Waals surface area contributed by atoms with E-state index in [1.807, 2.05) is 6.20 Å². The lowest BCUT2D eigenvalue weighted by molar-refractivity contribution is 0.0904. The van der Waals surface area contributed by atoms with E-state index in [2.05, 4.69) is 35.9 Å². The number of nitrogens with one attached hydrogen (secondary N) is 1. The van der Waals surface area contributed by atoms with Crippen LogP contribution in [0.5, 0.6) is 0 Å². The van der Waals surface area contributed by atoms with Gasteiger partial charge in [-0.1, -0.05) is 0 Å². The monoisotopic (exact) mass is 287 g/mol. The molecule has 1 aliphatic carbocycles. The summed E-state index contributed by atoms with van der Waals surface area (Å²) in [6.07, 6.45) is 6.42. The lowest BCUT2D eigenvalue weighted by Crippen LogP contribution is -2.32. The molecule has 1 aliphatic rings. The van der Waals surface area contributed by atoms with Crippen molar-refractivity contribution < 1.29 is 9.21 Å². The fourth-order valence-corrected chi connectivity index (χ4v) is 2.92. The number of aromatic nitrogens is 2. The van der Waals surface area contributed by atoms with Crippen molar-refractivity contribution in [1.29, 1.82) is 0 Å². The van der Waals surface area contributed by atoms with Crippen LogP contribution in [0.3, 0.4) is 0 Å². The Morgan fingerprint density at radius 3 is 2.95 bits per heavy atom. The first kappa shape index (κ1) is 13.9. The van der Waals surface area contributed by atoms with Gasteiger partial charge in [0.25, 0.3) is 5.91 Å². The van der Waals surface area contributed by atoms with E-state index in [-0.39, 0.29) is 17.5 Å². The molecule has 2 aromatic rings. The average molecular weight is 287 g/mol. The quantitative estimate of drug-likeness (QED) is 0.923. The Balaban J connectivity index is 1.85. The van der Waals surface area contributed by atoms with Crippen LogP contribution in [-0.4, -0.2) is 15.7 Å². The van der Waals surface area contributed by atoms with Gasteiger partial charge in [-0.25, -0.2) is 0 Å². The zero-order valence-corrected chi connectivity index (χ0v) is 12.7. The van der Waals surface area contributed by atoms with Gasteiger partial charge in [0.15, 0.2) is 5.76 Å². The van der Waals surface area contributed by atoms with Crippen molar-refractivity contribution in [1.82, 2.24) is 15.1 Å². The number of carbonyl (C=O) groups excluding carboxylic acids is 1. The molecule has 2 aromatic heterocycles. The minimum Gasteiger partial charge on any atom is -0.459 e. The second-order valence-electron chi connectivity index (χ2n) is 6.52. The topological polar surface area (TPSA) is 60.1 Å². The number of rotatable bonds is 2. The molecule has 0 fully saturated rings. The fourth-order valence-electron chi connectivity index (χ4n) is 2.92. The fraction of sp³-hybridized carbons (Fsp3) is 0.500. The van der Waals surface area contributed by atoms with Crippen LogP contribution in [0.4, 0.5) is 0 Å². The highest BCUT2D eigenvalue weighted by atomic mass is 16.3. The van der Waals surface area contributed by atoms with E-state index in [9.17, 15) is 4.79 Å². The zero-order chi connectivity index (χ0) is 15.0. The summed E-state index contributed by atoms with van der Waals surface area (Å²) in [5.41, 5.74) is 2.33. The van der Waals surface area contributed by atoms with Gasteiger partial charge in [-0.2, -0.15) is 5.10 Å². The maximum Gasteiger partial charge on any atom is 0.287 e. The number of hydrogen-bond donors (Lipinski definition) is 1. The van der Waals surface area contributed by atoms with Crippen molar-refractivity contribution in [2.45, 2.75) is 51.6 Å². The Bertz CT molecular complexity index is 635. The van der Waals surface area contributed by atoms with Gasteiger partial charge in [0.2, 0.25) is 0 Å². The average Bonchev–Trinajstić information content (AvgIpc) is 3.07. The summed E-state index contributed by atoms with van der Waals surface area (Å²) < 4.78 is 7.23. The van der Waals surface area contributed by atoms with E-state index in [1.165, 1.54) is 12.0 Å². The molecule has 21 heavy (non-hydrogen) atoms. The lowest BCUT2D eigenvalue weighted by atomic mass is 9.92. The van der Waals surface area contributed by atoms with Crippen LogP contribution in [-0.2, 0) is 12.0 Å². The number of furan rings is 1. The summed E-state index contributed by atoms with van der Waals surface area (Å²) >= 11 is 0. The molecule has 2 heterocycles. The van der Waals surface area contributed by atoms with E-state index in [4.69, 9.17) is 4.42 Å². The molecule has 0 spiro atoms. The third-order valence-electron chi connectivity index (χ3n) is 3.87. The highest BCUT2D eigenvalue weighted by molar-refractivity contribution is 5.91. The molecule has 5 nitrogen and oxygen atoms in total. The Morgan fingerprint density at radius 1 is 1.48 bits per heavy atom. The van der Waals surface area contributed by atoms with Crippen molar-refractivity contribution in [3.63, 3.8) is 0 Å². The van der Waals surface area contributed by atoms with E-state index in [1.54, 1.807) is 12.1 Å². The largest absolute Gasteiger partial charge is 0.459 e. The van der Waals surface area contributed by atoms with Gasteiger partial charge in [0, 0.05) is 11.3 Å². The third-order valence-corrected chi connectivity index (χ3v) is 3.87. The molecule has 0 saturated carbocycles. The van der Waals surface area contributed by atoms with Crippen LogP contribution in [0.25, 0.3) is 0 Å². The normalized spacial score (nSPS) is 18.3. The van der Waals surface area contributed by atoms with Gasteiger partial charge in [-0.3, -0.25) is 9.48 Å². The Hall–Kier alpha value is -2.04. The molecule has 0 saturated heterocycles. The predicted octanol–water partition coefficient (Wildman–Crippen LogP) is 3.04. The zero-order valence-electron chi connectivity index (χ0n) is 12.7.